The molecule has 0 bridgehead atoms. The monoisotopic (exact) mass is 220 g/mol. The van der Waals surface area contributed by atoms with Gasteiger partial charge < -0.3 is 5.32 Å². The zero-order chi connectivity index (χ0) is 11.7. The number of nitro benzene ring substituents is 1. The summed E-state index contributed by atoms with van der Waals surface area (Å²) in [5.41, 5.74) is 2.17. The van der Waals surface area contributed by atoms with E-state index in [2.05, 4.69) is 5.32 Å². The van der Waals surface area contributed by atoms with E-state index in [4.69, 9.17) is 0 Å². The largest absolute Gasteiger partial charge is 0.353 e. The van der Waals surface area contributed by atoms with Crippen molar-refractivity contribution in [2.45, 2.75) is 25.8 Å². The Morgan fingerprint density at radius 2 is 2.12 bits per heavy atom. The summed E-state index contributed by atoms with van der Waals surface area (Å²) in [6, 6.07) is 4.95. The maximum Gasteiger partial charge on any atom is 0.269 e. The normalized spacial score (nSPS) is 17.9. The number of nitrogens with one attached hydrogen (secondary N) is 1. The van der Waals surface area contributed by atoms with Gasteiger partial charge in [-0.05, 0) is 24.0 Å². The Morgan fingerprint density at radius 1 is 1.44 bits per heavy atom. The van der Waals surface area contributed by atoms with Crippen LogP contribution in [0.1, 0.15) is 18.1 Å². The third-order valence-corrected chi connectivity index (χ3v) is 2.74. The second-order valence-electron chi connectivity index (χ2n) is 4.02. The lowest BCUT2D eigenvalue weighted by Gasteiger charge is -2.08. The lowest BCUT2D eigenvalue weighted by molar-refractivity contribution is -0.384. The van der Waals surface area contributed by atoms with Gasteiger partial charge in [0.2, 0.25) is 5.91 Å². The number of benzene rings is 1. The van der Waals surface area contributed by atoms with Gasteiger partial charge in [0.1, 0.15) is 0 Å². The molecule has 0 aromatic heterocycles. The summed E-state index contributed by atoms with van der Waals surface area (Å²) >= 11 is 0. The van der Waals surface area contributed by atoms with Gasteiger partial charge in [0.05, 0.1) is 4.92 Å². The van der Waals surface area contributed by atoms with Crippen molar-refractivity contribution < 1.29 is 9.72 Å². The molecule has 1 N–H and O–H groups in total. The van der Waals surface area contributed by atoms with Crippen molar-refractivity contribution in [2.24, 2.45) is 0 Å². The number of fused-ring (bicyclic) bond motifs is 1. The highest BCUT2D eigenvalue weighted by Gasteiger charge is 2.23. The summed E-state index contributed by atoms with van der Waals surface area (Å²) in [6.07, 6.45) is 1.43. The van der Waals surface area contributed by atoms with Crippen LogP contribution in [0.2, 0.25) is 0 Å². The fourth-order valence-electron chi connectivity index (χ4n) is 2.11. The highest BCUT2D eigenvalue weighted by molar-refractivity contribution is 5.73. The molecule has 1 unspecified atom stereocenters. The van der Waals surface area contributed by atoms with Crippen LogP contribution in [0.4, 0.5) is 5.69 Å². The zero-order valence-corrected chi connectivity index (χ0v) is 8.90. The summed E-state index contributed by atoms with van der Waals surface area (Å²) in [4.78, 5) is 21.1. The van der Waals surface area contributed by atoms with E-state index in [1.807, 2.05) is 0 Å². The molecule has 1 aromatic carbocycles. The lowest BCUT2D eigenvalue weighted by atomic mass is 10.1. The first-order valence-corrected chi connectivity index (χ1v) is 5.09. The molecule has 16 heavy (non-hydrogen) atoms. The number of carbonyl (C=O) groups is 1. The van der Waals surface area contributed by atoms with Gasteiger partial charge in [-0.3, -0.25) is 14.9 Å². The fraction of sp³-hybridized carbons (Fsp3) is 0.364. The van der Waals surface area contributed by atoms with Crippen molar-refractivity contribution in [3.05, 3.63) is 39.4 Å². The molecule has 0 saturated carbocycles. The van der Waals surface area contributed by atoms with E-state index in [0.29, 0.717) is 6.42 Å². The van der Waals surface area contributed by atoms with Crippen molar-refractivity contribution in [3.8, 4) is 0 Å². The minimum Gasteiger partial charge on any atom is -0.353 e. The molecule has 0 radical (unpaired) electrons. The molecule has 0 heterocycles. The molecule has 1 atom stereocenters. The Hall–Kier alpha value is -1.91. The number of carbonyl (C=O) groups excluding carboxylic acids is 1. The van der Waals surface area contributed by atoms with Crippen LogP contribution >= 0.6 is 0 Å². The van der Waals surface area contributed by atoms with Crippen LogP contribution in [0.3, 0.4) is 0 Å². The van der Waals surface area contributed by atoms with Gasteiger partial charge in [-0.25, -0.2) is 0 Å². The average Bonchev–Trinajstić information content (AvgIpc) is 2.56. The number of rotatable bonds is 2. The molecule has 1 aromatic rings. The van der Waals surface area contributed by atoms with Gasteiger partial charge >= 0.3 is 0 Å². The molecule has 0 saturated heterocycles. The Kier molecular flexibility index (Phi) is 2.60. The van der Waals surface area contributed by atoms with Crippen LogP contribution < -0.4 is 5.32 Å². The van der Waals surface area contributed by atoms with E-state index >= 15 is 0 Å². The second-order valence-corrected chi connectivity index (χ2v) is 4.02. The minimum absolute atomic E-state index is 0.0627. The predicted octanol–water partition coefficient (Wildman–Crippen LogP) is 1.20. The average molecular weight is 220 g/mol. The maximum atomic E-state index is 10.9. The van der Waals surface area contributed by atoms with Crippen molar-refractivity contribution >= 4 is 11.6 Å². The third-order valence-electron chi connectivity index (χ3n) is 2.74. The first kappa shape index (κ1) is 10.6. The molecule has 0 fully saturated rings. The highest BCUT2D eigenvalue weighted by atomic mass is 16.6. The van der Waals surface area contributed by atoms with E-state index in [-0.39, 0.29) is 17.6 Å². The van der Waals surface area contributed by atoms with Crippen molar-refractivity contribution in [1.82, 2.24) is 5.32 Å². The molecule has 2 rings (SSSR count). The standard InChI is InChI=1S/C11H12N2O3/c1-7(14)12-10-4-8-2-3-11(13(15)16)6-9(8)5-10/h2-3,6,10H,4-5H2,1H3,(H,12,14). The number of hydrogen-bond acceptors (Lipinski definition) is 3. The van der Waals surface area contributed by atoms with Gasteiger partial charge in [-0.2, -0.15) is 0 Å². The summed E-state index contributed by atoms with van der Waals surface area (Å²) in [7, 11) is 0. The van der Waals surface area contributed by atoms with Crippen LogP contribution in [0.5, 0.6) is 0 Å². The lowest BCUT2D eigenvalue weighted by Crippen LogP contribution is -2.33. The smallest absolute Gasteiger partial charge is 0.269 e. The summed E-state index contributed by atoms with van der Waals surface area (Å²) < 4.78 is 0. The van der Waals surface area contributed by atoms with Gasteiger partial charge in [0.25, 0.3) is 5.69 Å². The van der Waals surface area contributed by atoms with E-state index in [0.717, 1.165) is 17.5 Å². The first-order valence-electron chi connectivity index (χ1n) is 5.09. The molecule has 0 spiro atoms. The van der Waals surface area contributed by atoms with Crippen LogP contribution in [-0.4, -0.2) is 16.9 Å². The first-order chi connectivity index (χ1) is 7.56. The van der Waals surface area contributed by atoms with Gasteiger partial charge in [-0.15, -0.1) is 0 Å². The molecular formula is C11H12N2O3. The molecular weight excluding hydrogens is 208 g/mol. The van der Waals surface area contributed by atoms with E-state index in [1.54, 1.807) is 12.1 Å². The number of nitro groups is 1. The van der Waals surface area contributed by atoms with Crippen LogP contribution in [0, 0.1) is 10.1 Å². The summed E-state index contributed by atoms with van der Waals surface area (Å²) in [5, 5.41) is 13.4. The maximum absolute atomic E-state index is 10.9. The van der Waals surface area contributed by atoms with Crippen LogP contribution in [-0.2, 0) is 17.6 Å². The van der Waals surface area contributed by atoms with E-state index in [1.165, 1.54) is 13.0 Å². The zero-order valence-electron chi connectivity index (χ0n) is 8.90. The van der Waals surface area contributed by atoms with Crippen molar-refractivity contribution in [1.29, 1.82) is 0 Å². The van der Waals surface area contributed by atoms with Crippen molar-refractivity contribution in [2.75, 3.05) is 0 Å². The number of hydrogen-bond donors (Lipinski definition) is 1. The third kappa shape index (κ3) is 2.03. The summed E-state index contributed by atoms with van der Waals surface area (Å²) in [6.45, 7) is 1.48. The summed E-state index contributed by atoms with van der Waals surface area (Å²) in [5.74, 6) is -0.0627. The molecule has 84 valence electrons. The van der Waals surface area contributed by atoms with Gasteiger partial charge in [0.15, 0.2) is 0 Å². The molecule has 5 nitrogen and oxygen atoms in total. The Bertz CT molecular complexity index is 457. The van der Waals surface area contributed by atoms with Gasteiger partial charge in [0, 0.05) is 25.1 Å². The van der Waals surface area contributed by atoms with Crippen molar-refractivity contribution in [3.63, 3.8) is 0 Å². The van der Waals surface area contributed by atoms with Crippen LogP contribution in [0.25, 0.3) is 0 Å². The van der Waals surface area contributed by atoms with E-state index in [9.17, 15) is 14.9 Å². The molecule has 1 aliphatic rings. The fourth-order valence-corrected chi connectivity index (χ4v) is 2.11. The second kappa shape index (κ2) is 3.92. The SMILES string of the molecule is CC(=O)NC1Cc2ccc([N+](=O)[O-])cc2C1. The number of non-ortho nitro benzene ring substituents is 1. The Balaban J connectivity index is 2.18. The molecule has 1 amide bonds. The van der Waals surface area contributed by atoms with E-state index < -0.39 is 4.92 Å². The van der Waals surface area contributed by atoms with Gasteiger partial charge in [-0.1, -0.05) is 6.07 Å². The molecule has 0 aliphatic heterocycles. The Labute approximate surface area is 92.6 Å². The molecule has 1 aliphatic carbocycles. The minimum atomic E-state index is -0.397. The highest BCUT2D eigenvalue weighted by Crippen LogP contribution is 2.26. The number of amides is 1. The number of nitrogens with zero attached hydrogens (tertiary/aromatic N) is 1. The Morgan fingerprint density at radius 3 is 2.75 bits per heavy atom. The van der Waals surface area contributed by atoms with Crippen LogP contribution in [0.15, 0.2) is 18.2 Å². The predicted molar refractivity (Wildman–Crippen MR) is 58.1 cm³/mol. The topological polar surface area (TPSA) is 72.2 Å². The molecule has 5 heteroatoms. The quantitative estimate of drug-likeness (QED) is 0.601.